The quantitative estimate of drug-likeness (QED) is 0.631. The lowest BCUT2D eigenvalue weighted by Crippen LogP contribution is -2.29. The number of alkyl halides is 3. The van der Waals surface area contributed by atoms with E-state index in [4.69, 9.17) is 5.14 Å². The molecule has 0 aliphatic carbocycles. The van der Waals surface area contributed by atoms with Crippen LogP contribution < -0.4 is 15.4 Å². The first-order valence-corrected chi connectivity index (χ1v) is 10.6. The predicted octanol–water partition coefficient (Wildman–Crippen LogP) is 5.34. The lowest BCUT2D eigenvalue weighted by Gasteiger charge is -2.26. The van der Waals surface area contributed by atoms with Gasteiger partial charge in [0.1, 0.15) is 5.82 Å². The monoisotopic (exact) mass is 438 g/mol. The second-order valence-corrected chi connectivity index (χ2v) is 8.90. The number of nitrogens with one attached hydrogen (secondary N) is 1. The number of benzene rings is 1. The Morgan fingerprint density at radius 2 is 2.00 bits per heavy atom. The standard InChI is InChI=1S/C21H25F3N4OS/c1-20(2)7-4-9-28(10-8-20)18-17(11-14(13-26-18)21(22,23)24)19(29)27-15-5-3-6-16(12-15)30-25/h3,5-6,11-13H,4,7-10,25H2,1-2H3,(H,27,29). The number of aromatic nitrogens is 1. The summed E-state index contributed by atoms with van der Waals surface area (Å²) in [5.41, 5.74) is -0.437. The Morgan fingerprint density at radius 3 is 2.70 bits per heavy atom. The predicted molar refractivity (Wildman–Crippen MR) is 114 cm³/mol. The number of carbonyl (C=O) groups is 1. The van der Waals surface area contributed by atoms with Gasteiger partial charge in [-0.15, -0.1) is 0 Å². The van der Waals surface area contributed by atoms with E-state index in [0.29, 0.717) is 18.8 Å². The van der Waals surface area contributed by atoms with Crippen molar-refractivity contribution >= 4 is 29.4 Å². The molecule has 3 N–H and O–H groups in total. The molecule has 0 bridgehead atoms. The van der Waals surface area contributed by atoms with Gasteiger partial charge >= 0.3 is 6.18 Å². The van der Waals surface area contributed by atoms with Crippen LogP contribution in [0.5, 0.6) is 0 Å². The van der Waals surface area contributed by atoms with E-state index in [0.717, 1.165) is 48.4 Å². The van der Waals surface area contributed by atoms with Gasteiger partial charge in [-0.05, 0) is 60.9 Å². The van der Waals surface area contributed by atoms with Gasteiger partial charge in [-0.3, -0.25) is 9.93 Å². The van der Waals surface area contributed by atoms with Crippen LogP contribution in [0.2, 0.25) is 0 Å². The van der Waals surface area contributed by atoms with Crippen LogP contribution >= 0.6 is 11.9 Å². The van der Waals surface area contributed by atoms with Crippen molar-refractivity contribution in [1.29, 1.82) is 0 Å². The van der Waals surface area contributed by atoms with Crippen LogP contribution in [0.3, 0.4) is 0 Å². The molecule has 0 radical (unpaired) electrons. The van der Waals surface area contributed by atoms with E-state index >= 15 is 0 Å². The first kappa shape index (κ1) is 22.4. The van der Waals surface area contributed by atoms with Crippen LogP contribution in [-0.4, -0.2) is 24.0 Å². The van der Waals surface area contributed by atoms with Crippen LogP contribution in [-0.2, 0) is 6.18 Å². The molecule has 0 atom stereocenters. The SMILES string of the molecule is CC1(C)CCCN(c2ncc(C(F)(F)F)cc2C(=O)Nc2cccc(SN)c2)CC1. The molecule has 1 aromatic heterocycles. The highest BCUT2D eigenvalue weighted by Gasteiger charge is 2.34. The van der Waals surface area contributed by atoms with Crippen molar-refractivity contribution in [2.24, 2.45) is 10.6 Å². The van der Waals surface area contributed by atoms with Crippen LogP contribution in [0.1, 0.15) is 49.0 Å². The highest BCUT2D eigenvalue weighted by Crippen LogP contribution is 2.35. The molecule has 5 nitrogen and oxygen atoms in total. The van der Waals surface area contributed by atoms with E-state index < -0.39 is 17.6 Å². The molecule has 1 aromatic carbocycles. The highest BCUT2D eigenvalue weighted by atomic mass is 32.2. The molecule has 2 heterocycles. The van der Waals surface area contributed by atoms with Crippen molar-refractivity contribution in [1.82, 2.24) is 4.98 Å². The molecular weight excluding hydrogens is 413 g/mol. The Morgan fingerprint density at radius 1 is 1.23 bits per heavy atom. The number of carbonyl (C=O) groups excluding carboxylic acids is 1. The van der Waals surface area contributed by atoms with E-state index in [1.54, 1.807) is 24.3 Å². The Labute approximate surface area is 178 Å². The number of anilines is 2. The molecule has 162 valence electrons. The summed E-state index contributed by atoms with van der Waals surface area (Å²) >= 11 is 1.02. The average Bonchev–Trinajstić information content (AvgIpc) is 2.87. The second-order valence-electron chi connectivity index (χ2n) is 8.20. The normalized spacial score (nSPS) is 16.8. The fourth-order valence-corrected chi connectivity index (χ4v) is 3.86. The molecule has 0 saturated carbocycles. The number of hydrogen-bond donors (Lipinski definition) is 2. The minimum atomic E-state index is -4.59. The molecule has 1 fully saturated rings. The minimum absolute atomic E-state index is 0.0877. The maximum atomic E-state index is 13.3. The second kappa shape index (κ2) is 8.85. The summed E-state index contributed by atoms with van der Waals surface area (Å²) in [4.78, 5) is 19.7. The van der Waals surface area contributed by atoms with E-state index in [9.17, 15) is 18.0 Å². The summed E-state index contributed by atoms with van der Waals surface area (Å²) in [6, 6.07) is 7.70. The van der Waals surface area contributed by atoms with Crippen LogP contribution in [0.4, 0.5) is 24.7 Å². The third kappa shape index (κ3) is 5.46. The Hall–Kier alpha value is -2.26. The van der Waals surface area contributed by atoms with Crippen molar-refractivity contribution in [2.45, 2.75) is 44.2 Å². The Kier molecular flexibility index (Phi) is 6.62. The molecule has 1 aliphatic rings. The summed E-state index contributed by atoms with van der Waals surface area (Å²) < 4.78 is 39.9. The van der Waals surface area contributed by atoms with Gasteiger partial charge in [-0.25, -0.2) is 4.98 Å². The molecular formula is C21H25F3N4OS. The number of hydrogen-bond acceptors (Lipinski definition) is 5. The van der Waals surface area contributed by atoms with E-state index in [2.05, 4.69) is 24.1 Å². The number of nitrogens with zero attached hydrogens (tertiary/aromatic N) is 2. The van der Waals surface area contributed by atoms with Gasteiger partial charge in [0, 0.05) is 29.9 Å². The van der Waals surface area contributed by atoms with E-state index in [1.807, 2.05) is 4.90 Å². The molecule has 1 amide bonds. The van der Waals surface area contributed by atoms with Crippen molar-refractivity contribution in [3.63, 3.8) is 0 Å². The van der Waals surface area contributed by atoms with Gasteiger partial charge in [0.15, 0.2) is 0 Å². The van der Waals surface area contributed by atoms with Crippen LogP contribution in [0.15, 0.2) is 41.4 Å². The zero-order valence-electron chi connectivity index (χ0n) is 16.9. The van der Waals surface area contributed by atoms with Crippen molar-refractivity contribution in [3.05, 3.63) is 47.7 Å². The number of pyridine rings is 1. The van der Waals surface area contributed by atoms with Crippen LogP contribution in [0.25, 0.3) is 0 Å². The summed E-state index contributed by atoms with van der Waals surface area (Å²) in [6.45, 7) is 5.62. The first-order chi connectivity index (χ1) is 14.1. The molecule has 2 aromatic rings. The minimum Gasteiger partial charge on any atom is -0.356 e. The fraction of sp³-hybridized carbons (Fsp3) is 0.429. The maximum Gasteiger partial charge on any atom is 0.417 e. The third-order valence-corrected chi connectivity index (χ3v) is 5.83. The zero-order chi connectivity index (χ0) is 21.9. The van der Waals surface area contributed by atoms with Gasteiger partial charge < -0.3 is 10.2 Å². The van der Waals surface area contributed by atoms with E-state index in [-0.39, 0.29) is 16.8 Å². The zero-order valence-corrected chi connectivity index (χ0v) is 17.7. The summed E-state index contributed by atoms with van der Waals surface area (Å²) in [5.74, 6) is -0.353. The topological polar surface area (TPSA) is 71.2 Å². The number of nitrogens with two attached hydrogens (primary N) is 1. The summed E-state index contributed by atoms with van der Waals surface area (Å²) in [7, 11) is 0. The van der Waals surface area contributed by atoms with Gasteiger partial charge in [0.25, 0.3) is 5.91 Å². The van der Waals surface area contributed by atoms with Crippen molar-refractivity contribution in [2.75, 3.05) is 23.3 Å². The maximum absolute atomic E-state index is 13.3. The Balaban J connectivity index is 1.96. The summed E-state index contributed by atoms with van der Waals surface area (Å²) in [5, 5.41) is 8.23. The molecule has 1 aliphatic heterocycles. The molecule has 30 heavy (non-hydrogen) atoms. The largest absolute Gasteiger partial charge is 0.417 e. The van der Waals surface area contributed by atoms with Crippen molar-refractivity contribution in [3.8, 4) is 0 Å². The molecule has 9 heteroatoms. The molecule has 3 rings (SSSR count). The highest BCUT2D eigenvalue weighted by molar-refractivity contribution is 7.97. The van der Waals surface area contributed by atoms with Gasteiger partial charge in [0.2, 0.25) is 0 Å². The molecule has 0 spiro atoms. The first-order valence-electron chi connectivity index (χ1n) is 9.69. The smallest absolute Gasteiger partial charge is 0.356 e. The van der Waals surface area contributed by atoms with Crippen LogP contribution in [0, 0.1) is 5.41 Å². The fourth-order valence-electron chi connectivity index (χ4n) is 3.51. The number of rotatable bonds is 4. The summed E-state index contributed by atoms with van der Waals surface area (Å²) in [6.07, 6.45) is -1.03. The lowest BCUT2D eigenvalue weighted by molar-refractivity contribution is -0.137. The lowest BCUT2D eigenvalue weighted by atomic mass is 9.85. The number of amides is 1. The van der Waals surface area contributed by atoms with Gasteiger partial charge in [-0.1, -0.05) is 19.9 Å². The third-order valence-electron chi connectivity index (χ3n) is 5.31. The average molecular weight is 439 g/mol. The Bertz CT molecular complexity index is 917. The number of halogens is 3. The molecule has 0 unspecified atom stereocenters. The van der Waals surface area contributed by atoms with E-state index in [1.165, 1.54) is 0 Å². The van der Waals surface area contributed by atoms with Crippen molar-refractivity contribution < 1.29 is 18.0 Å². The van der Waals surface area contributed by atoms with Gasteiger partial charge in [-0.2, -0.15) is 13.2 Å². The molecule has 1 saturated heterocycles. The van der Waals surface area contributed by atoms with Gasteiger partial charge in [0.05, 0.1) is 11.1 Å².